The van der Waals surface area contributed by atoms with E-state index < -0.39 is 0 Å². The third-order valence-corrected chi connectivity index (χ3v) is 1.10. The van der Waals surface area contributed by atoms with Gasteiger partial charge in [-0.25, -0.2) is 4.99 Å². The standard InChI is InChI=1S/C8H16N2/c1-4-7-10-8(5-2)9-6-3/h5-6,10H,4,7H2,1-3H3/b8-5+,9-6?. The van der Waals surface area contributed by atoms with E-state index >= 15 is 0 Å². The molecule has 0 bridgehead atoms. The maximum absolute atomic E-state index is 4.11. The number of nitrogens with zero attached hydrogens (tertiary/aromatic N) is 1. The first kappa shape index (κ1) is 9.21. The summed E-state index contributed by atoms with van der Waals surface area (Å²) in [5.74, 6) is 0.962. The van der Waals surface area contributed by atoms with Crippen molar-refractivity contribution in [3.8, 4) is 0 Å². The molecule has 0 saturated carbocycles. The Bertz CT molecular complexity index is 125. The molecule has 0 aromatic heterocycles. The van der Waals surface area contributed by atoms with Crippen molar-refractivity contribution in [1.29, 1.82) is 0 Å². The van der Waals surface area contributed by atoms with Crippen LogP contribution < -0.4 is 5.32 Å². The minimum absolute atomic E-state index is 0.962. The second kappa shape index (κ2) is 6.33. The molecular weight excluding hydrogens is 124 g/mol. The van der Waals surface area contributed by atoms with Gasteiger partial charge in [-0.05, 0) is 26.3 Å². The van der Waals surface area contributed by atoms with Gasteiger partial charge in [0, 0.05) is 12.8 Å². The van der Waals surface area contributed by atoms with E-state index in [9.17, 15) is 0 Å². The molecule has 2 nitrogen and oxygen atoms in total. The highest BCUT2D eigenvalue weighted by atomic mass is 15.0. The minimum atomic E-state index is 0.962. The number of rotatable bonds is 4. The highest BCUT2D eigenvalue weighted by Crippen LogP contribution is 1.88. The topological polar surface area (TPSA) is 24.4 Å². The quantitative estimate of drug-likeness (QED) is 0.593. The largest absolute Gasteiger partial charge is 0.370 e. The SMILES string of the molecule is CC=N/C(=C\C)NCCC. The zero-order chi connectivity index (χ0) is 7.82. The van der Waals surface area contributed by atoms with Crippen LogP contribution in [0.4, 0.5) is 0 Å². The Labute approximate surface area is 63.0 Å². The molecule has 1 N–H and O–H groups in total. The molecule has 0 aromatic rings. The Morgan fingerprint density at radius 1 is 1.50 bits per heavy atom. The van der Waals surface area contributed by atoms with E-state index in [1.165, 1.54) is 0 Å². The second-order valence-corrected chi connectivity index (χ2v) is 1.99. The third-order valence-electron chi connectivity index (χ3n) is 1.10. The van der Waals surface area contributed by atoms with Gasteiger partial charge in [0.25, 0.3) is 0 Å². The molecule has 0 heterocycles. The van der Waals surface area contributed by atoms with Crippen LogP contribution in [0.2, 0.25) is 0 Å². The molecule has 0 spiro atoms. The molecule has 0 fully saturated rings. The first-order valence-corrected chi connectivity index (χ1v) is 3.74. The van der Waals surface area contributed by atoms with Crippen LogP contribution in [-0.4, -0.2) is 12.8 Å². The van der Waals surface area contributed by atoms with Crippen molar-refractivity contribution < 1.29 is 0 Å². The Kier molecular flexibility index (Phi) is 5.83. The van der Waals surface area contributed by atoms with E-state index in [2.05, 4.69) is 17.2 Å². The summed E-state index contributed by atoms with van der Waals surface area (Å²) in [5.41, 5.74) is 0. The molecule has 0 aliphatic carbocycles. The zero-order valence-electron chi connectivity index (χ0n) is 7.02. The van der Waals surface area contributed by atoms with Crippen LogP contribution in [0, 0.1) is 0 Å². The van der Waals surface area contributed by atoms with Gasteiger partial charge in [0.05, 0.1) is 0 Å². The number of allylic oxidation sites excluding steroid dienone is 1. The van der Waals surface area contributed by atoms with Crippen molar-refractivity contribution in [1.82, 2.24) is 5.32 Å². The fraction of sp³-hybridized carbons (Fsp3) is 0.625. The van der Waals surface area contributed by atoms with E-state index in [0.29, 0.717) is 0 Å². The molecular formula is C8H16N2. The number of nitrogens with one attached hydrogen (secondary N) is 1. The summed E-state index contributed by atoms with van der Waals surface area (Å²) >= 11 is 0. The molecule has 0 aliphatic rings. The molecule has 0 amide bonds. The second-order valence-electron chi connectivity index (χ2n) is 1.99. The van der Waals surface area contributed by atoms with E-state index in [0.717, 1.165) is 18.8 Å². The van der Waals surface area contributed by atoms with Gasteiger partial charge in [0.15, 0.2) is 0 Å². The Morgan fingerprint density at radius 3 is 2.60 bits per heavy atom. The van der Waals surface area contributed by atoms with Crippen molar-refractivity contribution in [2.24, 2.45) is 4.99 Å². The number of aliphatic imine (C=N–C) groups is 1. The van der Waals surface area contributed by atoms with Crippen molar-refractivity contribution >= 4 is 6.21 Å². The van der Waals surface area contributed by atoms with Crippen LogP contribution in [0.5, 0.6) is 0 Å². The molecule has 0 aliphatic heterocycles. The lowest BCUT2D eigenvalue weighted by Gasteiger charge is -2.02. The highest BCUT2D eigenvalue weighted by Gasteiger charge is 1.85. The van der Waals surface area contributed by atoms with Crippen molar-refractivity contribution in [2.75, 3.05) is 6.54 Å². The third kappa shape index (κ3) is 4.13. The van der Waals surface area contributed by atoms with Crippen LogP contribution in [0.15, 0.2) is 16.9 Å². The summed E-state index contributed by atoms with van der Waals surface area (Å²) in [6.07, 6.45) is 4.89. The van der Waals surface area contributed by atoms with Gasteiger partial charge in [0.2, 0.25) is 0 Å². The van der Waals surface area contributed by atoms with E-state index in [1.807, 2.05) is 19.9 Å². The van der Waals surface area contributed by atoms with Crippen LogP contribution in [0.25, 0.3) is 0 Å². The van der Waals surface area contributed by atoms with Crippen LogP contribution >= 0.6 is 0 Å². The minimum Gasteiger partial charge on any atom is -0.370 e. The van der Waals surface area contributed by atoms with Gasteiger partial charge < -0.3 is 5.32 Å². The Hall–Kier alpha value is -0.790. The van der Waals surface area contributed by atoms with Crippen molar-refractivity contribution in [3.05, 3.63) is 11.9 Å². The Morgan fingerprint density at radius 2 is 2.20 bits per heavy atom. The summed E-state index contributed by atoms with van der Waals surface area (Å²) in [4.78, 5) is 4.11. The molecule has 58 valence electrons. The molecule has 0 unspecified atom stereocenters. The van der Waals surface area contributed by atoms with Gasteiger partial charge in [-0.1, -0.05) is 6.92 Å². The molecule has 0 atom stereocenters. The van der Waals surface area contributed by atoms with Gasteiger partial charge in [-0.3, -0.25) is 0 Å². The molecule has 10 heavy (non-hydrogen) atoms. The fourth-order valence-corrected chi connectivity index (χ4v) is 0.614. The predicted molar refractivity (Wildman–Crippen MR) is 46.2 cm³/mol. The van der Waals surface area contributed by atoms with Gasteiger partial charge >= 0.3 is 0 Å². The van der Waals surface area contributed by atoms with Gasteiger partial charge in [0.1, 0.15) is 5.82 Å². The number of hydrogen-bond acceptors (Lipinski definition) is 2. The summed E-state index contributed by atoms with van der Waals surface area (Å²) in [6.45, 7) is 7.02. The normalized spacial score (nSPS) is 12.5. The monoisotopic (exact) mass is 140 g/mol. The smallest absolute Gasteiger partial charge is 0.121 e. The molecule has 0 aromatic carbocycles. The van der Waals surface area contributed by atoms with Crippen molar-refractivity contribution in [3.63, 3.8) is 0 Å². The maximum atomic E-state index is 4.11. The van der Waals surface area contributed by atoms with Crippen LogP contribution in [0.1, 0.15) is 27.2 Å². The summed E-state index contributed by atoms with van der Waals surface area (Å²) in [7, 11) is 0. The molecule has 0 rings (SSSR count). The molecule has 2 heteroatoms. The van der Waals surface area contributed by atoms with E-state index in [-0.39, 0.29) is 0 Å². The zero-order valence-corrected chi connectivity index (χ0v) is 7.02. The highest BCUT2D eigenvalue weighted by molar-refractivity contribution is 5.55. The van der Waals surface area contributed by atoms with Gasteiger partial charge in [-0.2, -0.15) is 0 Å². The molecule has 0 saturated heterocycles. The summed E-state index contributed by atoms with van der Waals surface area (Å²) < 4.78 is 0. The maximum Gasteiger partial charge on any atom is 0.121 e. The summed E-state index contributed by atoms with van der Waals surface area (Å²) in [5, 5.41) is 3.18. The first-order chi connectivity index (χ1) is 4.85. The summed E-state index contributed by atoms with van der Waals surface area (Å²) in [6, 6.07) is 0. The predicted octanol–water partition coefficient (Wildman–Crippen LogP) is 1.94. The first-order valence-electron chi connectivity index (χ1n) is 3.74. The lowest BCUT2D eigenvalue weighted by molar-refractivity contribution is 0.761. The lowest BCUT2D eigenvalue weighted by Crippen LogP contribution is -2.12. The van der Waals surface area contributed by atoms with Crippen molar-refractivity contribution in [2.45, 2.75) is 27.2 Å². The fourth-order valence-electron chi connectivity index (χ4n) is 0.614. The van der Waals surface area contributed by atoms with E-state index in [4.69, 9.17) is 0 Å². The van der Waals surface area contributed by atoms with Gasteiger partial charge in [-0.15, -0.1) is 0 Å². The van der Waals surface area contributed by atoms with Crippen LogP contribution in [-0.2, 0) is 0 Å². The van der Waals surface area contributed by atoms with Crippen LogP contribution in [0.3, 0.4) is 0 Å². The average molecular weight is 140 g/mol. The lowest BCUT2D eigenvalue weighted by atomic mass is 10.5. The Balaban J connectivity index is 3.62. The number of hydrogen-bond donors (Lipinski definition) is 1. The average Bonchev–Trinajstić information content (AvgIpc) is 1.98. The molecule has 0 radical (unpaired) electrons. The van der Waals surface area contributed by atoms with E-state index in [1.54, 1.807) is 6.21 Å².